The third-order valence-corrected chi connectivity index (χ3v) is 2.28. The second-order valence-corrected chi connectivity index (χ2v) is 3.79. The lowest BCUT2D eigenvalue weighted by molar-refractivity contribution is -0.215. The van der Waals surface area contributed by atoms with Crippen molar-refractivity contribution in [2.75, 3.05) is 7.11 Å². The molecule has 1 radical (unpaired) electrons. The first-order valence-corrected chi connectivity index (χ1v) is 5.42. The molecular formula is C13H17O4. The summed E-state index contributed by atoms with van der Waals surface area (Å²) in [5.74, 6) is -0.505. The van der Waals surface area contributed by atoms with Crippen LogP contribution in [0.5, 0.6) is 0 Å². The van der Waals surface area contributed by atoms with Gasteiger partial charge in [-0.2, -0.15) is 4.89 Å². The van der Waals surface area contributed by atoms with Crippen LogP contribution in [0.15, 0.2) is 24.3 Å². The number of aryl methyl sites for hydroxylation is 1. The molecule has 1 aromatic rings. The van der Waals surface area contributed by atoms with Crippen molar-refractivity contribution in [3.8, 4) is 0 Å². The van der Waals surface area contributed by atoms with Gasteiger partial charge in [-0.25, -0.2) is 4.79 Å². The molecule has 0 aliphatic rings. The largest absolute Gasteiger partial charge is 0.382 e. The fourth-order valence-corrected chi connectivity index (χ4v) is 1.17. The Morgan fingerprint density at radius 1 is 1.47 bits per heavy atom. The molecule has 0 heterocycles. The smallest absolute Gasteiger partial charge is 0.373 e. The summed E-state index contributed by atoms with van der Waals surface area (Å²) in [4.78, 5) is 20.8. The third-order valence-electron chi connectivity index (χ3n) is 2.28. The van der Waals surface area contributed by atoms with Crippen molar-refractivity contribution in [3.63, 3.8) is 0 Å². The maximum atomic E-state index is 11.5. The van der Waals surface area contributed by atoms with Crippen molar-refractivity contribution in [1.82, 2.24) is 0 Å². The van der Waals surface area contributed by atoms with Gasteiger partial charge in [0.05, 0.1) is 11.7 Å². The second-order valence-electron chi connectivity index (χ2n) is 3.79. The Morgan fingerprint density at radius 2 is 2.24 bits per heavy atom. The average molecular weight is 237 g/mol. The summed E-state index contributed by atoms with van der Waals surface area (Å²) < 4.78 is 5.01. The molecule has 1 unspecified atom stereocenters. The maximum Gasteiger partial charge on any atom is 0.373 e. The Balaban J connectivity index is 2.30. The molecule has 1 atom stereocenters. The Bertz CT molecular complexity index is 362. The minimum absolute atomic E-state index is 0.0349. The summed E-state index contributed by atoms with van der Waals surface area (Å²) in [5, 5.41) is 0. The van der Waals surface area contributed by atoms with E-state index in [0.29, 0.717) is 12.0 Å². The molecule has 17 heavy (non-hydrogen) atoms. The first-order valence-electron chi connectivity index (χ1n) is 5.42. The second kappa shape index (κ2) is 7.04. The molecule has 0 aliphatic heterocycles. The zero-order chi connectivity index (χ0) is 12.7. The van der Waals surface area contributed by atoms with E-state index in [-0.39, 0.29) is 6.10 Å². The molecule has 1 rings (SSSR count). The van der Waals surface area contributed by atoms with Crippen molar-refractivity contribution >= 4 is 5.97 Å². The molecule has 93 valence electrons. The minimum atomic E-state index is -0.505. The van der Waals surface area contributed by atoms with E-state index in [0.717, 1.165) is 5.56 Å². The molecular weight excluding hydrogens is 220 g/mol. The highest BCUT2D eigenvalue weighted by atomic mass is 17.2. The van der Waals surface area contributed by atoms with Crippen molar-refractivity contribution in [1.29, 1.82) is 0 Å². The van der Waals surface area contributed by atoms with Gasteiger partial charge < -0.3 is 4.74 Å². The van der Waals surface area contributed by atoms with Gasteiger partial charge in [-0.15, -0.1) is 0 Å². The van der Waals surface area contributed by atoms with E-state index < -0.39 is 5.97 Å². The van der Waals surface area contributed by atoms with E-state index in [1.165, 1.54) is 6.61 Å². The number of carbonyl (C=O) groups is 1. The van der Waals surface area contributed by atoms with Crippen LogP contribution in [0, 0.1) is 13.5 Å². The van der Waals surface area contributed by atoms with Crippen LogP contribution in [0.25, 0.3) is 0 Å². The zero-order valence-electron chi connectivity index (χ0n) is 10.3. The normalized spacial score (nSPS) is 12.2. The van der Waals surface area contributed by atoms with Crippen LogP contribution in [0.2, 0.25) is 0 Å². The zero-order valence-corrected chi connectivity index (χ0v) is 10.3. The van der Waals surface area contributed by atoms with Gasteiger partial charge in [0, 0.05) is 13.5 Å². The third kappa shape index (κ3) is 4.97. The summed E-state index contributed by atoms with van der Waals surface area (Å²) in [7, 11) is 1.61. The molecule has 0 amide bonds. The molecule has 0 aromatic heterocycles. The number of rotatable bonds is 6. The van der Waals surface area contributed by atoms with Crippen molar-refractivity contribution in [2.24, 2.45) is 0 Å². The highest BCUT2D eigenvalue weighted by Crippen LogP contribution is 2.07. The highest BCUT2D eigenvalue weighted by Gasteiger charge is 2.08. The quantitative estimate of drug-likeness (QED) is 0.433. The number of ether oxygens (including phenoxy) is 1. The summed E-state index contributed by atoms with van der Waals surface area (Å²) in [6, 6.07) is 7.12. The van der Waals surface area contributed by atoms with Gasteiger partial charge >= 0.3 is 5.97 Å². The van der Waals surface area contributed by atoms with Gasteiger partial charge in [0.25, 0.3) is 0 Å². The molecule has 0 bridgehead atoms. The molecule has 4 heteroatoms. The van der Waals surface area contributed by atoms with E-state index in [1.807, 2.05) is 19.9 Å². The topological polar surface area (TPSA) is 44.8 Å². The van der Waals surface area contributed by atoms with Gasteiger partial charge in [0.15, 0.2) is 0 Å². The summed E-state index contributed by atoms with van der Waals surface area (Å²) in [6.07, 6.45) is 0.588. The standard InChI is InChI=1S/C13H17O4/c1-10-5-4-6-12(9-10)13(14)17-16-8-7-11(2)15-3/h4-6,8-9,11H,7H2,1-3H3. The lowest BCUT2D eigenvalue weighted by atomic mass is 10.1. The maximum absolute atomic E-state index is 11.5. The number of hydrogen-bond acceptors (Lipinski definition) is 4. The lowest BCUT2D eigenvalue weighted by Gasteiger charge is -2.08. The number of hydrogen-bond donors (Lipinski definition) is 0. The van der Waals surface area contributed by atoms with Gasteiger partial charge in [-0.3, -0.25) is 4.89 Å². The fourth-order valence-electron chi connectivity index (χ4n) is 1.17. The van der Waals surface area contributed by atoms with Gasteiger partial charge in [-0.1, -0.05) is 17.7 Å². The van der Waals surface area contributed by atoms with Crippen LogP contribution >= 0.6 is 0 Å². The highest BCUT2D eigenvalue weighted by molar-refractivity contribution is 5.89. The molecule has 1 aromatic carbocycles. The summed E-state index contributed by atoms with van der Waals surface area (Å²) in [5.41, 5.74) is 1.47. The summed E-state index contributed by atoms with van der Waals surface area (Å²) >= 11 is 0. The number of benzene rings is 1. The van der Waals surface area contributed by atoms with Gasteiger partial charge in [-0.05, 0) is 26.0 Å². The number of methoxy groups -OCH3 is 1. The Hall–Kier alpha value is -1.39. The van der Waals surface area contributed by atoms with Gasteiger partial charge in [0.1, 0.15) is 6.61 Å². The molecule has 0 saturated carbocycles. The Kier molecular flexibility index (Phi) is 5.66. The van der Waals surface area contributed by atoms with E-state index in [2.05, 4.69) is 4.89 Å². The monoisotopic (exact) mass is 237 g/mol. The van der Waals surface area contributed by atoms with Crippen LogP contribution in [0.3, 0.4) is 0 Å². The van der Waals surface area contributed by atoms with Crippen LogP contribution in [0.4, 0.5) is 0 Å². The fraction of sp³-hybridized carbons (Fsp3) is 0.385. The molecule has 0 fully saturated rings. The Labute approximate surface area is 101 Å². The van der Waals surface area contributed by atoms with Crippen LogP contribution in [-0.2, 0) is 14.5 Å². The molecule has 4 nitrogen and oxygen atoms in total. The number of carbonyl (C=O) groups excluding carboxylic acids is 1. The van der Waals surface area contributed by atoms with Crippen molar-refractivity contribution < 1.29 is 19.3 Å². The van der Waals surface area contributed by atoms with Crippen LogP contribution in [0.1, 0.15) is 29.3 Å². The van der Waals surface area contributed by atoms with Crippen LogP contribution in [-0.4, -0.2) is 19.2 Å². The first-order chi connectivity index (χ1) is 8.13. The molecule has 0 saturated heterocycles. The van der Waals surface area contributed by atoms with E-state index in [1.54, 1.807) is 25.3 Å². The molecule has 0 N–H and O–H groups in total. The Morgan fingerprint density at radius 3 is 2.88 bits per heavy atom. The molecule has 0 spiro atoms. The predicted octanol–water partition coefficient (Wildman–Crippen LogP) is 2.67. The minimum Gasteiger partial charge on any atom is -0.382 e. The van der Waals surface area contributed by atoms with E-state index >= 15 is 0 Å². The summed E-state index contributed by atoms with van der Waals surface area (Å²) in [6.45, 7) is 5.20. The lowest BCUT2D eigenvalue weighted by Crippen LogP contribution is -2.09. The first kappa shape index (κ1) is 13.7. The SMILES string of the molecule is COC(C)C[CH]OOC(=O)c1cccc(C)c1. The van der Waals surface area contributed by atoms with Crippen molar-refractivity contribution in [2.45, 2.75) is 26.4 Å². The van der Waals surface area contributed by atoms with Crippen LogP contribution < -0.4 is 0 Å². The average Bonchev–Trinajstić information content (AvgIpc) is 2.34. The molecule has 0 aliphatic carbocycles. The predicted molar refractivity (Wildman–Crippen MR) is 63.1 cm³/mol. The van der Waals surface area contributed by atoms with Crippen molar-refractivity contribution in [3.05, 3.63) is 42.0 Å². The van der Waals surface area contributed by atoms with E-state index in [4.69, 9.17) is 9.62 Å². The van der Waals surface area contributed by atoms with E-state index in [9.17, 15) is 4.79 Å². The van der Waals surface area contributed by atoms with Gasteiger partial charge in [0.2, 0.25) is 0 Å².